The van der Waals surface area contributed by atoms with Crippen LogP contribution in [0.25, 0.3) is 10.8 Å². The molecule has 1 amide bonds. The lowest BCUT2D eigenvalue weighted by Gasteiger charge is -2.08. The SMILES string of the molecule is CCn1nc(C(=O)N/N=C\c2ccccc2F)c2ccccc2c1=O. The molecule has 0 radical (unpaired) electrons. The molecule has 1 heterocycles. The fourth-order valence-corrected chi connectivity index (χ4v) is 2.41. The first-order valence-electron chi connectivity index (χ1n) is 7.69. The van der Waals surface area contributed by atoms with E-state index in [9.17, 15) is 14.0 Å². The second kappa shape index (κ2) is 7.04. The standard InChI is InChI=1S/C18H15FN4O2/c1-2-23-18(25)14-9-5-4-8-13(14)16(22-23)17(24)21-20-11-12-7-3-6-10-15(12)19/h3-11H,2H2,1H3,(H,21,24)/b20-11-. The average molecular weight is 338 g/mol. The van der Waals surface area contributed by atoms with Gasteiger partial charge < -0.3 is 0 Å². The van der Waals surface area contributed by atoms with Crippen LogP contribution in [-0.4, -0.2) is 21.9 Å². The molecular weight excluding hydrogens is 323 g/mol. The average Bonchev–Trinajstić information content (AvgIpc) is 2.64. The van der Waals surface area contributed by atoms with E-state index in [0.717, 1.165) is 0 Å². The quantitative estimate of drug-likeness (QED) is 0.586. The summed E-state index contributed by atoms with van der Waals surface area (Å²) in [6.45, 7) is 2.10. The highest BCUT2D eigenvalue weighted by molar-refractivity contribution is 6.04. The molecule has 0 aliphatic rings. The summed E-state index contributed by atoms with van der Waals surface area (Å²) >= 11 is 0. The van der Waals surface area contributed by atoms with Gasteiger partial charge in [0, 0.05) is 17.5 Å². The van der Waals surface area contributed by atoms with Gasteiger partial charge in [0.25, 0.3) is 11.5 Å². The summed E-state index contributed by atoms with van der Waals surface area (Å²) in [6.07, 6.45) is 1.21. The fraction of sp³-hybridized carbons (Fsp3) is 0.111. The second-order valence-electron chi connectivity index (χ2n) is 5.24. The van der Waals surface area contributed by atoms with Gasteiger partial charge in [0.15, 0.2) is 5.69 Å². The summed E-state index contributed by atoms with van der Waals surface area (Å²) in [5, 5.41) is 8.72. The van der Waals surface area contributed by atoms with Gasteiger partial charge in [-0.1, -0.05) is 36.4 Å². The van der Waals surface area contributed by atoms with Gasteiger partial charge in [-0.05, 0) is 19.1 Å². The second-order valence-corrected chi connectivity index (χ2v) is 5.24. The molecule has 0 spiro atoms. The number of rotatable bonds is 4. The maximum Gasteiger partial charge on any atom is 0.292 e. The van der Waals surface area contributed by atoms with Crippen molar-refractivity contribution < 1.29 is 9.18 Å². The van der Waals surface area contributed by atoms with Crippen molar-refractivity contribution in [3.63, 3.8) is 0 Å². The minimum absolute atomic E-state index is 0.0859. The maximum absolute atomic E-state index is 13.5. The highest BCUT2D eigenvalue weighted by atomic mass is 19.1. The number of hydrazone groups is 1. The van der Waals surface area contributed by atoms with E-state index in [1.54, 1.807) is 43.3 Å². The molecule has 0 saturated carbocycles. The van der Waals surface area contributed by atoms with Crippen LogP contribution in [0.2, 0.25) is 0 Å². The van der Waals surface area contributed by atoms with Gasteiger partial charge in [-0.3, -0.25) is 9.59 Å². The number of carbonyl (C=O) groups is 1. The highest BCUT2D eigenvalue weighted by Gasteiger charge is 2.15. The third-order valence-corrected chi connectivity index (χ3v) is 3.66. The monoisotopic (exact) mass is 338 g/mol. The smallest absolute Gasteiger partial charge is 0.267 e. The molecule has 0 bridgehead atoms. The first-order chi connectivity index (χ1) is 12.1. The van der Waals surface area contributed by atoms with Crippen molar-refractivity contribution in [2.75, 3.05) is 0 Å². The van der Waals surface area contributed by atoms with E-state index in [1.807, 2.05) is 0 Å². The predicted octanol–water partition coefficient (Wildman–Crippen LogP) is 2.32. The Labute approximate surface area is 142 Å². The van der Waals surface area contributed by atoms with E-state index in [-0.39, 0.29) is 16.8 Å². The molecule has 1 aromatic heterocycles. The number of benzene rings is 2. The highest BCUT2D eigenvalue weighted by Crippen LogP contribution is 2.13. The zero-order valence-corrected chi connectivity index (χ0v) is 13.4. The number of halogens is 1. The van der Waals surface area contributed by atoms with Crippen molar-refractivity contribution >= 4 is 22.9 Å². The van der Waals surface area contributed by atoms with Gasteiger partial charge in [0.1, 0.15) is 5.82 Å². The molecule has 3 rings (SSSR count). The Bertz CT molecular complexity index is 1030. The number of nitrogens with one attached hydrogen (secondary N) is 1. The summed E-state index contributed by atoms with van der Waals surface area (Å²) < 4.78 is 14.8. The Morgan fingerprint density at radius 2 is 1.88 bits per heavy atom. The summed E-state index contributed by atoms with van der Waals surface area (Å²) in [6, 6.07) is 12.8. The molecule has 0 aliphatic heterocycles. The first kappa shape index (κ1) is 16.5. The molecule has 0 fully saturated rings. The van der Waals surface area contributed by atoms with Gasteiger partial charge >= 0.3 is 0 Å². The number of hydrogen-bond donors (Lipinski definition) is 1. The van der Waals surface area contributed by atoms with Crippen LogP contribution in [0.3, 0.4) is 0 Å². The molecular formula is C18H15FN4O2. The molecule has 0 aliphatic carbocycles. The number of amides is 1. The molecule has 0 unspecified atom stereocenters. The number of aromatic nitrogens is 2. The Hall–Kier alpha value is -3.35. The molecule has 2 aromatic carbocycles. The van der Waals surface area contributed by atoms with Gasteiger partial charge in [-0.15, -0.1) is 0 Å². The lowest BCUT2D eigenvalue weighted by molar-refractivity contribution is 0.0949. The largest absolute Gasteiger partial charge is 0.292 e. The summed E-state index contributed by atoms with van der Waals surface area (Å²) in [5.41, 5.74) is 2.40. The van der Waals surface area contributed by atoms with E-state index in [2.05, 4.69) is 15.6 Å². The van der Waals surface area contributed by atoms with Crippen LogP contribution >= 0.6 is 0 Å². The Morgan fingerprint density at radius 1 is 1.20 bits per heavy atom. The Balaban J connectivity index is 1.94. The van der Waals surface area contributed by atoms with Crippen molar-refractivity contribution in [1.82, 2.24) is 15.2 Å². The molecule has 1 N–H and O–H groups in total. The van der Waals surface area contributed by atoms with Crippen LogP contribution in [0.5, 0.6) is 0 Å². The molecule has 126 valence electrons. The fourth-order valence-electron chi connectivity index (χ4n) is 2.41. The van der Waals surface area contributed by atoms with Crippen LogP contribution in [0.1, 0.15) is 23.0 Å². The number of nitrogens with zero attached hydrogens (tertiary/aromatic N) is 3. The number of aryl methyl sites for hydroxylation is 1. The molecule has 3 aromatic rings. The van der Waals surface area contributed by atoms with E-state index in [0.29, 0.717) is 17.3 Å². The normalized spacial score (nSPS) is 11.1. The van der Waals surface area contributed by atoms with E-state index < -0.39 is 11.7 Å². The number of carbonyl (C=O) groups excluding carboxylic acids is 1. The van der Waals surface area contributed by atoms with Gasteiger partial charge in [0.05, 0.1) is 11.6 Å². The lowest BCUT2D eigenvalue weighted by Crippen LogP contribution is -2.28. The van der Waals surface area contributed by atoms with Crippen molar-refractivity contribution in [3.05, 3.63) is 76.0 Å². The minimum atomic E-state index is -0.578. The van der Waals surface area contributed by atoms with Crippen molar-refractivity contribution in [2.45, 2.75) is 13.5 Å². The van der Waals surface area contributed by atoms with Crippen LogP contribution in [0, 0.1) is 5.82 Å². The number of hydrogen-bond acceptors (Lipinski definition) is 4. The van der Waals surface area contributed by atoms with Crippen molar-refractivity contribution in [2.24, 2.45) is 5.10 Å². The molecule has 0 saturated heterocycles. The van der Waals surface area contributed by atoms with Gasteiger partial charge in [-0.2, -0.15) is 10.2 Å². The summed E-state index contributed by atoms with van der Waals surface area (Å²) in [4.78, 5) is 24.7. The van der Waals surface area contributed by atoms with Crippen molar-refractivity contribution in [3.8, 4) is 0 Å². The van der Waals surface area contributed by atoms with Crippen molar-refractivity contribution in [1.29, 1.82) is 0 Å². The Morgan fingerprint density at radius 3 is 2.60 bits per heavy atom. The third kappa shape index (κ3) is 3.30. The third-order valence-electron chi connectivity index (χ3n) is 3.66. The molecule has 0 atom stereocenters. The molecule has 7 heteroatoms. The van der Waals surface area contributed by atoms with Crippen LogP contribution in [-0.2, 0) is 6.54 Å². The van der Waals surface area contributed by atoms with E-state index in [1.165, 1.54) is 23.0 Å². The predicted molar refractivity (Wildman–Crippen MR) is 93.1 cm³/mol. The van der Waals surface area contributed by atoms with Crippen LogP contribution < -0.4 is 11.0 Å². The van der Waals surface area contributed by atoms with Gasteiger partial charge in [-0.25, -0.2) is 14.5 Å². The summed E-state index contributed by atoms with van der Waals surface area (Å²) in [5.74, 6) is -1.02. The first-order valence-corrected chi connectivity index (χ1v) is 7.69. The maximum atomic E-state index is 13.5. The zero-order chi connectivity index (χ0) is 17.8. The Kier molecular flexibility index (Phi) is 4.65. The summed E-state index contributed by atoms with van der Waals surface area (Å²) in [7, 11) is 0. The molecule has 6 nitrogen and oxygen atoms in total. The van der Waals surface area contributed by atoms with E-state index in [4.69, 9.17) is 0 Å². The lowest BCUT2D eigenvalue weighted by atomic mass is 10.1. The van der Waals surface area contributed by atoms with Crippen LogP contribution in [0.4, 0.5) is 4.39 Å². The van der Waals surface area contributed by atoms with Gasteiger partial charge in [0.2, 0.25) is 0 Å². The minimum Gasteiger partial charge on any atom is -0.267 e. The topological polar surface area (TPSA) is 76.3 Å². The number of fused-ring (bicyclic) bond motifs is 1. The zero-order valence-electron chi connectivity index (χ0n) is 13.4. The van der Waals surface area contributed by atoms with Crippen LogP contribution in [0.15, 0.2) is 58.4 Å². The van der Waals surface area contributed by atoms with E-state index >= 15 is 0 Å². The molecule has 25 heavy (non-hydrogen) atoms.